The van der Waals surface area contributed by atoms with Gasteiger partial charge in [-0.05, 0) is 23.1 Å². The lowest BCUT2D eigenvalue weighted by Gasteiger charge is -1.94. The van der Waals surface area contributed by atoms with Crippen molar-refractivity contribution in [3.8, 4) is 0 Å². The fraction of sp³-hybridized carbons (Fsp3) is 0.200. The zero-order valence-corrected chi connectivity index (χ0v) is 6.58. The third-order valence-electron chi connectivity index (χ3n) is 2.28. The minimum Gasteiger partial charge on any atom is -0.368 e. The third kappa shape index (κ3) is 0.850. The number of nitrogens with one attached hydrogen (secondary N) is 1. The number of hydrogen-bond acceptors (Lipinski definition) is 1. The van der Waals surface area contributed by atoms with Gasteiger partial charge in [-0.1, -0.05) is 12.1 Å². The molecule has 0 radical (unpaired) electrons. The summed E-state index contributed by atoms with van der Waals surface area (Å²) in [6, 6.07) is 8.50. The van der Waals surface area contributed by atoms with Crippen LogP contribution in [-0.4, -0.2) is 11.6 Å². The quantitative estimate of drug-likeness (QED) is 0.635. The van der Waals surface area contributed by atoms with Crippen molar-refractivity contribution in [2.24, 2.45) is 0 Å². The summed E-state index contributed by atoms with van der Waals surface area (Å²) >= 11 is 0. The number of aromatic amines is 1. The Kier molecular flexibility index (Phi) is 1.10. The van der Waals surface area contributed by atoms with Gasteiger partial charge < -0.3 is 9.72 Å². The molecule has 12 heavy (non-hydrogen) atoms. The number of aromatic nitrogens is 1. The van der Waals surface area contributed by atoms with Gasteiger partial charge in [0.25, 0.3) is 0 Å². The monoisotopic (exact) mass is 159 g/mol. The van der Waals surface area contributed by atoms with Gasteiger partial charge in [0.05, 0.1) is 6.61 Å². The number of epoxide rings is 1. The molecule has 1 saturated heterocycles. The van der Waals surface area contributed by atoms with Gasteiger partial charge in [-0.3, -0.25) is 0 Å². The highest BCUT2D eigenvalue weighted by Gasteiger charge is 2.24. The van der Waals surface area contributed by atoms with Crippen LogP contribution in [-0.2, 0) is 4.74 Å². The highest BCUT2D eigenvalue weighted by Crippen LogP contribution is 2.31. The molecule has 1 aliphatic heterocycles. The van der Waals surface area contributed by atoms with E-state index in [2.05, 4.69) is 29.2 Å². The molecular formula is C10H9NO. The molecule has 1 aliphatic rings. The van der Waals surface area contributed by atoms with Gasteiger partial charge in [-0.15, -0.1) is 0 Å². The average molecular weight is 159 g/mol. The van der Waals surface area contributed by atoms with Gasteiger partial charge >= 0.3 is 0 Å². The van der Waals surface area contributed by atoms with Gasteiger partial charge in [-0.2, -0.15) is 0 Å². The van der Waals surface area contributed by atoms with E-state index >= 15 is 0 Å². The molecule has 2 aromatic rings. The van der Waals surface area contributed by atoms with Crippen LogP contribution in [0.2, 0.25) is 0 Å². The average Bonchev–Trinajstić information content (AvgIpc) is 2.84. The Labute approximate surface area is 70.2 Å². The standard InChI is InChI=1S/C10H9NO/c1-2-8(10-6-12-10)5-9-7(1)3-4-11-9/h1-5,10-11H,6H2/t10-/m0/s1. The summed E-state index contributed by atoms with van der Waals surface area (Å²) in [6.45, 7) is 0.881. The van der Waals surface area contributed by atoms with Crippen LogP contribution in [0.3, 0.4) is 0 Å². The van der Waals surface area contributed by atoms with E-state index < -0.39 is 0 Å². The highest BCUT2D eigenvalue weighted by atomic mass is 16.6. The number of benzene rings is 1. The van der Waals surface area contributed by atoms with E-state index in [1.807, 2.05) is 6.20 Å². The van der Waals surface area contributed by atoms with Gasteiger partial charge in [0.15, 0.2) is 0 Å². The minimum absolute atomic E-state index is 0.359. The lowest BCUT2D eigenvalue weighted by atomic mass is 10.1. The number of hydrogen-bond donors (Lipinski definition) is 1. The molecule has 1 atom stereocenters. The van der Waals surface area contributed by atoms with E-state index in [0.717, 1.165) is 6.61 Å². The van der Waals surface area contributed by atoms with Crippen molar-refractivity contribution in [1.29, 1.82) is 0 Å². The Morgan fingerprint density at radius 3 is 3.08 bits per heavy atom. The number of H-pyrrole nitrogens is 1. The first kappa shape index (κ1) is 6.26. The van der Waals surface area contributed by atoms with Crippen molar-refractivity contribution in [3.63, 3.8) is 0 Å². The van der Waals surface area contributed by atoms with E-state index in [4.69, 9.17) is 4.74 Å². The summed E-state index contributed by atoms with van der Waals surface area (Å²) in [4.78, 5) is 3.19. The van der Waals surface area contributed by atoms with Crippen molar-refractivity contribution in [2.75, 3.05) is 6.61 Å². The molecule has 0 bridgehead atoms. The van der Waals surface area contributed by atoms with Crippen molar-refractivity contribution in [3.05, 3.63) is 36.0 Å². The van der Waals surface area contributed by atoms with Crippen LogP contribution in [0.4, 0.5) is 0 Å². The molecule has 1 aromatic heterocycles. The molecule has 1 N–H and O–H groups in total. The molecule has 60 valence electrons. The van der Waals surface area contributed by atoms with E-state index in [1.165, 1.54) is 16.5 Å². The molecule has 3 rings (SSSR count). The maximum Gasteiger partial charge on any atom is 0.106 e. The van der Waals surface area contributed by atoms with E-state index in [1.54, 1.807) is 0 Å². The van der Waals surface area contributed by atoms with Gasteiger partial charge in [0, 0.05) is 11.7 Å². The number of rotatable bonds is 1. The van der Waals surface area contributed by atoms with Gasteiger partial charge in [0.1, 0.15) is 6.10 Å². The predicted octanol–water partition coefficient (Wildman–Crippen LogP) is 2.24. The van der Waals surface area contributed by atoms with Crippen molar-refractivity contribution < 1.29 is 4.74 Å². The summed E-state index contributed by atoms with van der Waals surface area (Å²) in [5.41, 5.74) is 2.48. The minimum atomic E-state index is 0.359. The Hall–Kier alpha value is -1.28. The van der Waals surface area contributed by atoms with Crippen LogP contribution in [0, 0.1) is 0 Å². The lowest BCUT2D eigenvalue weighted by Crippen LogP contribution is -1.79. The second-order valence-electron chi connectivity index (χ2n) is 3.15. The van der Waals surface area contributed by atoms with Gasteiger partial charge in [0.2, 0.25) is 0 Å². The Morgan fingerprint density at radius 2 is 2.25 bits per heavy atom. The molecule has 0 aliphatic carbocycles. The normalized spacial score (nSPS) is 21.5. The maximum atomic E-state index is 5.21. The van der Waals surface area contributed by atoms with E-state index in [0.29, 0.717) is 6.10 Å². The van der Waals surface area contributed by atoms with Crippen molar-refractivity contribution in [1.82, 2.24) is 4.98 Å². The lowest BCUT2D eigenvalue weighted by molar-refractivity contribution is 0.416. The zero-order valence-electron chi connectivity index (χ0n) is 6.58. The molecule has 0 spiro atoms. The van der Waals surface area contributed by atoms with Crippen LogP contribution in [0.15, 0.2) is 30.5 Å². The number of ether oxygens (including phenoxy) is 1. The topological polar surface area (TPSA) is 28.3 Å². The molecule has 2 nitrogen and oxygen atoms in total. The summed E-state index contributed by atoms with van der Waals surface area (Å²) < 4.78 is 5.21. The highest BCUT2D eigenvalue weighted by molar-refractivity contribution is 5.80. The summed E-state index contributed by atoms with van der Waals surface area (Å²) in [5, 5.41) is 1.26. The summed E-state index contributed by atoms with van der Waals surface area (Å²) in [5.74, 6) is 0. The largest absolute Gasteiger partial charge is 0.368 e. The number of fused-ring (bicyclic) bond motifs is 1. The molecular weight excluding hydrogens is 150 g/mol. The molecule has 2 heteroatoms. The first-order chi connectivity index (χ1) is 5.93. The molecule has 1 aromatic carbocycles. The van der Waals surface area contributed by atoms with Crippen molar-refractivity contribution >= 4 is 10.9 Å². The molecule has 0 unspecified atom stereocenters. The second-order valence-corrected chi connectivity index (χ2v) is 3.15. The predicted molar refractivity (Wildman–Crippen MR) is 47.0 cm³/mol. The first-order valence-electron chi connectivity index (χ1n) is 4.12. The SMILES string of the molecule is c1cc2ccc([C@@H]3CO3)cc2[nH]1. The van der Waals surface area contributed by atoms with E-state index in [-0.39, 0.29) is 0 Å². The fourth-order valence-corrected chi connectivity index (χ4v) is 1.51. The summed E-state index contributed by atoms with van der Waals surface area (Å²) in [7, 11) is 0. The van der Waals surface area contributed by atoms with Gasteiger partial charge in [-0.25, -0.2) is 0 Å². The summed E-state index contributed by atoms with van der Waals surface area (Å²) in [6.07, 6.45) is 2.32. The van der Waals surface area contributed by atoms with Crippen molar-refractivity contribution in [2.45, 2.75) is 6.10 Å². The molecule has 1 fully saturated rings. The Balaban J connectivity index is 2.21. The first-order valence-corrected chi connectivity index (χ1v) is 4.12. The Bertz CT molecular complexity index is 414. The van der Waals surface area contributed by atoms with Crippen LogP contribution in [0.5, 0.6) is 0 Å². The second kappa shape index (κ2) is 2.11. The van der Waals surface area contributed by atoms with E-state index in [9.17, 15) is 0 Å². The van der Waals surface area contributed by atoms with Crippen LogP contribution in [0.25, 0.3) is 10.9 Å². The third-order valence-corrected chi connectivity index (χ3v) is 2.28. The fourth-order valence-electron chi connectivity index (χ4n) is 1.51. The molecule has 2 heterocycles. The smallest absolute Gasteiger partial charge is 0.106 e. The maximum absolute atomic E-state index is 5.21. The Morgan fingerprint density at radius 1 is 1.33 bits per heavy atom. The molecule has 0 saturated carbocycles. The van der Waals surface area contributed by atoms with Crippen LogP contribution < -0.4 is 0 Å². The molecule has 0 amide bonds. The van der Waals surface area contributed by atoms with Crippen LogP contribution >= 0.6 is 0 Å². The zero-order chi connectivity index (χ0) is 7.97. The van der Waals surface area contributed by atoms with Crippen LogP contribution in [0.1, 0.15) is 11.7 Å².